The number of aliphatic imine (C=N–C) groups is 1. The topological polar surface area (TPSA) is 78.7 Å². The Hall–Kier alpha value is -2.42. The van der Waals surface area contributed by atoms with E-state index in [0.29, 0.717) is 31.4 Å². The summed E-state index contributed by atoms with van der Waals surface area (Å²) in [7, 11) is 0. The second-order valence-corrected chi connectivity index (χ2v) is 4.36. The number of carbonyl (C=O) groups excluding carboxylic acids is 1. The van der Waals surface area contributed by atoms with E-state index in [1.807, 2.05) is 13.8 Å². The molecule has 6 nitrogen and oxygen atoms in total. The minimum absolute atomic E-state index is 0.196. The third-order valence-corrected chi connectivity index (χ3v) is 2.66. The first-order chi connectivity index (χ1) is 10.2. The minimum Gasteiger partial charge on any atom is -0.459 e. The van der Waals surface area contributed by atoms with Crippen molar-refractivity contribution in [2.75, 3.05) is 26.2 Å². The van der Waals surface area contributed by atoms with Gasteiger partial charge in [0, 0.05) is 25.2 Å². The number of furan rings is 1. The molecule has 1 aromatic heterocycles. The smallest absolute Gasteiger partial charge is 0.287 e. The molecule has 0 fully saturated rings. The van der Waals surface area contributed by atoms with E-state index < -0.39 is 0 Å². The van der Waals surface area contributed by atoms with Crippen molar-refractivity contribution in [3.8, 4) is 12.3 Å². The first-order valence-corrected chi connectivity index (χ1v) is 6.97. The van der Waals surface area contributed by atoms with Crippen LogP contribution in [0.3, 0.4) is 0 Å². The average molecular weight is 290 g/mol. The standard InChI is InChI=1S/C15H22N4O2/c1-4-8-18-15(16-5-2)19-10-6-9-17-14(20)13-12(3)7-11-21-13/h1,7,11H,5-6,8-10H2,2-3H3,(H,17,20)(H2,16,18,19). The van der Waals surface area contributed by atoms with Crippen molar-refractivity contribution in [1.29, 1.82) is 0 Å². The zero-order chi connectivity index (χ0) is 15.5. The number of hydrogen-bond donors (Lipinski definition) is 3. The van der Waals surface area contributed by atoms with Gasteiger partial charge in [-0.3, -0.25) is 9.79 Å². The quantitative estimate of drug-likeness (QED) is 0.302. The van der Waals surface area contributed by atoms with E-state index in [-0.39, 0.29) is 5.91 Å². The van der Waals surface area contributed by atoms with Crippen molar-refractivity contribution in [2.45, 2.75) is 20.3 Å². The Labute approximate surface area is 125 Å². The molecule has 0 saturated heterocycles. The lowest BCUT2D eigenvalue weighted by Gasteiger charge is -2.08. The van der Waals surface area contributed by atoms with Gasteiger partial charge in [0.25, 0.3) is 5.91 Å². The van der Waals surface area contributed by atoms with Crippen molar-refractivity contribution < 1.29 is 9.21 Å². The number of nitrogens with zero attached hydrogens (tertiary/aromatic N) is 1. The van der Waals surface area contributed by atoms with Crippen LogP contribution in [0, 0.1) is 19.3 Å². The molecule has 0 spiro atoms. The number of nitrogens with one attached hydrogen (secondary N) is 3. The first-order valence-electron chi connectivity index (χ1n) is 6.97. The fourth-order valence-corrected chi connectivity index (χ4v) is 1.63. The summed E-state index contributed by atoms with van der Waals surface area (Å²) in [6, 6.07) is 1.76. The molecule has 0 aliphatic carbocycles. The van der Waals surface area contributed by atoms with E-state index >= 15 is 0 Å². The van der Waals surface area contributed by atoms with Gasteiger partial charge in [0.2, 0.25) is 0 Å². The fourth-order valence-electron chi connectivity index (χ4n) is 1.63. The number of terminal acetylenes is 1. The Morgan fingerprint density at radius 3 is 2.86 bits per heavy atom. The van der Waals surface area contributed by atoms with Gasteiger partial charge < -0.3 is 20.4 Å². The molecule has 1 rings (SSSR count). The molecule has 0 unspecified atom stereocenters. The lowest BCUT2D eigenvalue weighted by Crippen LogP contribution is -2.37. The van der Waals surface area contributed by atoms with E-state index in [0.717, 1.165) is 18.5 Å². The number of guanidine groups is 1. The Morgan fingerprint density at radius 1 is 1.43 bits per heavy atom. The molecule has 0 aliphatic heterocycles. The molecule has 0 radical (unpaired) electrons. The van der Waals surface area contributed by atoms with E-state index in [1.165, 1.54) is 6.26 Å². The fraction of sp³-hybridized carbons (Fsp3) is 0.467. The van der Waals surface area contributed by atoms with Gasteiger partial charge in [-0.15, -0.1) is 6.42 Å². The van der Waals surface area contributed by atoms with E-state index in [9.17, 15) is 4.79 Å². The lowest BCUT2D eigenvalue weighted by atomic mass is 10.2. The van der Waals surface area contributed by atoms with Gasteiger partial charge in [-0.1, -0.05) is 5.92 Å². The Kier molecular flexibility index (Phi) is 7.51. The van der Waals surface area contributed by atoms with Crippen molar-refractivity contribution in [3.05, 3.63) is 23.7 Å². The summed E-state index contributed by atoms with van der Waals surface area (Å²) in [5.41, 5.74) is 0.832. The van der Waals surface area contributed by atoms with Crippen LogP contribution in [0.25, 0.3) is 0 Å². The third-order valence-electron chi connectivity index (χ3n) is 2.66. The summed E-state index contributed by atoms with van der Waals surface area (Å²) in [6.07, 6.45) is 7.43. The number of carbonyl (C=O) groups is 1. The zero-order valence-corrected chi connectivity index (χ0v) is 12.5. The van der Waals surface area contributed by atoms with E-state index in [4.69, 9.17) is 10.8 Å². The van der Waals surface area contributed by atoms with E-state index in [2.05, 4.69) is 26.9 Å². The average Bonchev–Trinajstić information content (AvgIpc) is 2.90. The normalized spacial score (nSPS) is 10.8. The zero-order valence-electron chi connectivity index (χ0n) is 12.5. The molecule has 1 amide bonds. The van der Waals surface area contributed by atoms with Crippen LogP contribution in [0.5, 0.6) is 0 Å². The van der Waals surface area contributed by atoms with E-state index in [1.54, 1.807) is 6.07 Å². The predicted octanol–water partition coefficient (Wildman–Crippen LogP) is 0.896. The molecule has 114 valence electrons. The predicted molar refractivity (Wildman–Crippen MR) is 83.2 cm³/mol. The SMILES string of the molecule is C#CCNC(=NCCCNC(=O)c1occc1C)NCC. The van der Waals surface area contributed by atoms with Crippen LogP contribution in [0.1, 0.15) is 29.5 Å². The number of amides is 1. The number of rotatable bonds is 7. The van der Waals surface area contributed by atoms with Crippen LogP contribution < -0.4 is 16.0 Å². The van der Waals surface area contributed by atoms with Crippen molar-refractivity contribution in [1.82, 2.24) is 16.0 Å². The molecule has 6 heteroatoms. The van der Waals surface area contributed by atoms with Crippen molar-refractivity contribution in [2.24, 2.45) is 4.99 Å². The van der Waals surface area contributed by atoms with Crippen LogP contribution in [0.15, 0.2) is 21.7 Å². The number of aryl methyl sites for hydroxylation is 1. The highest BCUT2D eigenvalue weighted by Crippen LogP contribution is 2.07. The highest BCUT2D eigenvalue weighted by atomic mass is 16.3. The van der Waals surface area contributed by atoms with Crippen molar-refractivity contribution in [3.63, 3.8) is 0 Å². The first kappa shape index (κ1) is 16.6. The minimum atomic E-state index is -0.196. The lowest BCUT2D eigenvalue weighted by molar-refractivity contribution is 0.0925. The summed E-state index contributed by atoms with van der Waals surface area (Å²) in [5.74, 6) is 3.35. The Bertz CT molecular complexity index is 514. The molecule has 1 aromatic rings. The number of hydrogen-bond acceptors (Lipinski definition) is 3. The van der Waals surface area contributed by atoms with Gasteiger partial charge >= 0.3 is 0 Å². The van der Waals surface area contributed by atoms with Crippen LogP contribution in [0.4, 0.5) is 0 Å². The second-order valence-electron chi connectivity index (χ2n) is 4.36. The summed E-state index contributed by atoms with van der Waals surface area (Å²) in [6.45, 7) is 6.15. The van der Waals surface area contributed by atoms with Gasteiger partial charge in [0.05, 0.1) is 12.8 Å². The molecule has 1 heterocycles. The molecule has 0 atom stereocenters. The summed E-state index contributed by atoms with van der Waals surface area (Å²) in [4.78, 5) is 16.1. The maximum absolute atomic E-state index is 11.8. The largest absolute Gasteiger partial charge is 0.459 e. The second kappa shape index (κ2) is 9.48. The Morgan fingerprint density at radius 2 is 2.24 bits per heavy atom. The highest BCUT2D eigenvalue weighted by Gasteiger charge is 2.11. The maximum atomic E-state index is 11.8. The van der Waals surface area contributed by atoms with Crippen molar-refractivity contribution >= 4 is 11.9 Å². The third kappa shape index (κ3) is 6.04. The van der Waals surface area contributed by atoms with Crippen LogP contribution >= 0.6 is 0 Å². The molecule has 3 N–H and O–H groups in total. The molecule has 0 aliphatic rings. The molecule has 0 aromatic carbocycles. The maximum Gasteiger partial charge on any atom is 0.287 e. The summed E-state index contributed by atoms with van der Waals surface area (Å²) < 4.78 is 5.12. The summed E-state index contributed by atoms with van der Waals surface area (Å²) >= 11 is 0. The Balaban J connectivity index is 2.28. The van der Waals surface area contributed by atoms with Gasteiger partial charge in [0.1, 0.15) is 0 Å². The molecule has 0 saturated carbocycles. The molecular formula is C15H22N4O2. The van der Waals surface area contributed by atoms with Crippen LogP contribution in [0.2, 0.25) is 0 Å². The van der Waals surface area contributed by atoms with Crippen LogP contribution in [-0.2, 0) is 0 Å². The van der Waals surface area contributed by atoms with Gasteiger partial charge in [-0.25, -0.2) is 0 Å². The van der Waals surface area contributed by atoms with Crippen LogP contribution in [-0.4, -0.2) is 38.0 Å². The molecule has 0 bridgehead atoms. The van der Waals surface area contributed by atoms with Gasteiger partial charge in [-0.2, -0.15) is 0 Å². The van der Waals surface area contributed by atoms with Gasteiger partial charge in [-0.05, 0) is 26.3 Å². The van der Waals surface area contributed by atoms with Gasteiger partial charge in [0.15, 0.2) is 11.7 Å². The highest BCUT2D eigenvalue weighted by molar-refractivity contribution is 5.92. The monoisotopic (exact) mass is 290 g/mol. The summed E-state index contributed by atoms with van der Waals surface area (Å²) in [5, 5.41) is 8.89. The molecular weight excluding hydrogens is 268 g/mol. The molecule has 21 heavy (non-hydrogen) atoms.